The van der Waals surface area contributed by atoms with Crippen molar-refractivity contribution in [3.8, 4) is 5.75 Å². The average molecular weight is 401 g/mol. The highest BCUT2D eigenvalue weighted by atomic mass is 16.5. The Balaban J connectivity index is 1.91. The molecule has 3 rings (SSSR count). The third-order valence-corrected chi connectivity index (χ3v) is 4.76. The smallest absolute Gasteiger partial charge is 0.330 e. The Morgan fingerprint density at radius 3 is 2.72 bits per heavy atom. The summed E-state index contributed by atoms with van der Waals surface area (Å²) in [6.45, 7) is 1.80. The molecule has 0 bridgehead atoms. The first kappa shape index (κ1) is 20.2. The normalized spacial score (nSPS) is 13.0. The number of para-hydroxylation sites is 2. The SMILES string of the molecule is CCCCn1c(N)c(N(C)C(=O)CN2C(=O)COc3ccccc32)c(=O)[nH]c1=O. The Morgan fingerprint density at radius 2 is 2.00 bits per heavy atom. The number of ether oxygens (including phenoxy) is 1. The molecule has 0 aliphatic carbocycles. The van der Waals surface area contributed by atoms with Crippen LogP contribution in [0.25, 0.3) is 0 Å². The van der Waals surface area contributed by atoms with Crippen LogP contribution in [0.15, 0.2) is 33.9 Å². The molecule has 0 saturated carbocycles. The minimum Gasteiger partial charge on any atom is -0.482 e. The van der Waals surface area contributed by atoms with Crippen molar-refractivity contribution in [1.82, 2.24) is 9.55 Å². The Labute approximate surface area is 166 Å². The van der Waals surface area contributed by atoms with Gasteiger partial charge in [0.25, 0.3) is 11.5 Å². The number of rotatable bonds is 6. The van der Waals surface area contributed by atoms with Crippen LogP contribution in [0.5, 0.6) is 5.75 Å². The van der Waals surface area contributed by atoms with Crippen LogP contribution in [0.1, 0.15) is 19.8 Å². The van der Waals surface area contributed by atoms with Crippen LogP contribution in [0.4, 0.5) is 17.2 Å². The molecule has 0 unspecified atom stereocenters. The van der Waals surface area contributed by atoms with E-state index in [9.17, 15) is 19.2 Å². The van der Waals surface area contributed by atoms with E-state index in [0.717, 1.165) is 11.3 Å². The highest BCUT2D eigenvalue weighted by Gasteiger charge is 2.29. The number of carbonyl (C=O) groups excluding carboxylic acids is 2. The van der Waals surface area contributed by atoms with Crippen molar-refractivity contribution in [2.24, 2.45) is 0 Å². The Kier molecular flexibility index (Phi) is 5.71. The number of aromatic nitrogens is 2. The van der Waals surface area contributed by atoms with Gasteiger partial charge in [-0.05, 0) is 18.6 Å². The van der Waals surface area contributed by atoms with Crippen LogP contribution in [0.3, 0.4) is 0 Å². The van der Waals surface area contributed by atoms with E-state index in [1.165, 1.54) is 16.5 Å². The molecule has 2 heterocycles. The molecule has 0 spiro atoms. The number of anilines is 3. The van der Waals surface area contributed by atoms with Crippen LogP contribution in [0, 0.1) is 0 Å². The highest BCUT2D eigenvalue weighted by molar-refractivity contribution is 6.06. The van der Waals surface area contributed by atoms with E-state index < -0.39 is 17.2 Å². The van der Waals surface area contributed by atoms with E-state index >= 15 is 0 Å². The van der Waals surface area contributed by atoms with Gasteiger partial charge in [-0.25, -0.2) is 4.79 Å². The Morgan fingerprint density at radius 1 is 1.28 bits per heavy atom. The topological polar surface area (TPSA) is 131 Å². The van der Waals surface area contributed by atoms with E-state index in [0.29, 0.717) is 24.4 Å². The van der Waals surface area contributed by atoms with Gasteiger partial charge < -0.3 is 15.4 Å². The summed E-state index contributed by atoms with van der Waals surface area (Å²) in [5.74, 6) is -0.502. The first-order valence-corrected chi connectivity index (χ1v) is 9.26. The van der Waals surface area contributed by atoms with Gasteiger partial charge in [-0.3, -0.25) is 28.8 Å². The lowest BCUT2D eigenvalue weighted by atomic mass is 10.2. The molecule has 2 amide bonds. The van der Waals surface area contributed by atoms with Gasteiger partial charge in [0.15, 0.2) is 12.3 Å². The van der Waals surface area contributed by atoms with Gasteiger partial charge >= 0.3 is 5.69 Å². The molecule has 1 aromatic carbocycles. The molecule has 1 aliphatic heterocycles. The number of nitrogen functional groups attached to an aromatic ring is 1. The maximum absolute atomic E-state index is 12.9. The molecule has 10 nitrogen and oxygen atoms in total. The standard InChI is InChI=1S/C19H23N5O5/c1-3-4-9-23-17(20)16(18(27)21-19(23)28)22(2)14(25)10-24-12-7-5-6-8-13(12)29-11-15(24)26/h5-8H,3-4,9-11,20H2,1-2H3,(H,21,27,28). The number of hydrogen-bond donors (Lipinski definition) is 2. The first-order chi connectivity index (χ1) is 13.8. The van der Waals surface area contributed by atoms with Crippen LogP contribution in [0.2, 0.25) is 0 Å². The molecule has 0 saturated heterocycles. The number of nitrogens with two attached hydrogens (primary N) is 1. The van der Waals surface area contributed by atoms with Crippen LogP contribution in [-0.2, 0) is 16.1 Å². The van der Waals surface area contributed by atoms with Crippen molar-refractivity contribution in [2.75, 3.05) is 35.7 Å². The second-order valence-corrected chi connectivity index (χ2v) is 6.69. The number of hydrogen-bond acceptors (Lipinski definition) is 6. The molecule has 0 atom stereocenters. The second kappa shape index (κ2) is 8.21. The second-order valence-electron chi connectivity index (χ2n) is 6.69. The summed E-state index contributed by atoms with van der Waals surface area (Å²) in [5.41, 5.74) is 5.02. The average Bonchev–Trinajstić information content (AvgIpc) is 2.69. The van der Waals surface area contributed by atoms with Crippen molar-refractivity contribution >= 4 is 29.0 Å². The minimum atomic E-state index is -0.759. The van der Waals surface area contributed by atoms with Crippen molar-refractivity contribution in [1.29, 1.82) is 0 Å². The fourth-order valence-corrected chi connectivity index (χ4v) is 3.13. The number of fused-ring (bicyclic) bond motifs is 1. The number of nitrogens with zero attached hydrogens (tertiary/aromatic N) is 3. The van der Waals surface area contributed by atoms with E-state index in [4.69, 9.17) is 10.5 Å². The van der Waals surface area contributed by atoms with Crippen LogP contribution >= 0.6 is 0 Å². The maximum Gasteiger partial charge on any atom is 0.330 e. The molecule has 3 N–H and O–H groups in total. The van der Waals surface area contributed by atoms with Crippen LogP contribution < -0.4 is 31.5 Å². The molecule has 1 aromatic heterocycles. The molecule has 2 aromatic rings. The summed E-state index contributed by atoms with van der Waals surface area (Å²) >= 11 is 0. The monoisotopic (exact) mass is 401 g/mol. The molecular weight excluding hydrogens is 378 g/mol. The van der Waals surface area contributed by atoms with Gasteiger partial charge in [0.1, 0.15) is 18.1 Å². The summed E-state index contributed by atoms with van der Waals surface area (Å²) in [4.78, 5) is 54.2. The number of H-pyrrole nitrogens is 1. The lowest BCUT2D eigenvalue weighted by molar-refractivity contribution is -0.124. The van der Waals surface area contributed by atoms with Gasteiger partial charge in [0.05, 0.1) is 5.69 Å². The van der Waals surface area contributed by atoms with E-state index in [2.05, 4.69) is 4.98 Å². The van der Waals surface area contributed by atoms with Crippen molar-refractivity contribution in [3.05, 3.63) is 45.1 Å². The lowest BCUT2D eigenvalue weighted by Crippen LogP contribution is -2.47. The Bertz CT molecular complexity index is 1060. The van der Waals surface area contributed by atoms with Gasteiger partial charge in [-0.15, -0.1) is 0 Å². The van der Waals surface area contributed by atoms with Crippen molar-refractivity contribution in [3.63, 3.8) is 0 Å². The van der Waals surface area contributed by atoms with E-state index in [1.54, 1.807) is 24.3 Å². The molecule has 1 aliphatic rings. The number of unbranched alkanes of at least 4 members (excludes halogenated alkanes) is 1. The molecular formula is C19H23N5O5. The fraction of sp³-hybridized carbons (Fsp3) is 0.368. The summed E-state index contributed by atoms with van der Waals surface area (Å²) in [6.07, 6.45) is 1.51. The van der Waals surface area contributed by atoms with Gasteiger partial charge in [-0.2, -0.15) is 0 Å². The first-order valence-electron chi connectivity index (χ1n) is 9.26. The molecule has 10 heteroatoms. The highest BCUT2D eigenvalue weighted by Crippen LogP contribution is 2.31. The molecule has 0 fully saturated rings. The molecule has 0 radical (unpaired) electrons. The predicted molar refractivity (Wildman–Crippen MR) is 108 cm³/mol. The Hall–Kier alpha value is -3.56. The third kappa shape index (κ3) is 3.86. The van der Waals surface area contributed by atoms with E-state index in [1.807, 2.05) is 6.92 Å². The number of likely N-dealkylation sites (N-methyl/N-ethyl adjacent to an activating group) is 1. The summed E-state index contributed by atoms with van der Waals surface area (Å²) in [7, 11) is 1.38. The number of carbonyl (C=O) groups is 2. The fourth-order valence-electron chi connectivity index (χ4n) is 3.13. The number of benzene rings is 1. The zero-order chi connectivity index (χ0) is 21.1. The van der Waals surface area contributed by atoms with Gasteiger partial charge in [-0.1, -0.05) is 25.5 Å². The minimum absolute atomic E-state index is 0.0863. The third-order valence-electron chi connectivity index (χ3n) is 4.76. The predicted octanol–water partition coefficient (Wildman–Crippen LogP) is 0.307. The number of aromatic amines is 1. The summed E-state index contributed by atoms with van der Waals surface area (Å²) in [6, 6.07) is 6.87. The molecule has 154 valence electrons. The zero-order valence-electron chi connectivity index (χ0n) is 16.3. The van der Waals surface area contributed by atoms with E-state index in [-0.39, 0.29) is 30.6 Å². The van der Waals surface area contributed by atoms with Gasteiger partial charge in [0, 0.05) is 13.6 Å². The van der Waals surface area contributed by atoms with Gasteiger partial charge in [0.2, 0.25) is 5.91 Å². The quantitative estimate of drug-likeness (QED) is 0.716. The lowest BCUT2D eigenvalue weighted by Gasteiger charge is -2.30. The summed E-state index contributed by atoms with van der Waals surface area (Å²) in [5, 5.41) is 0. The number of nitrogens with one attached hydrogen (secondary N) is 1. The largest absolute Gasteiger partial charge is 0.482 e. The number of amides is 2. The zero-order valence-corrected chi connectivity index (χ0v) is 16.3. The van der Waals surface area contributed by atoms with Crippen molar-refractivity contribution < 1.29 is 14.3 Å². The maximum atomic E-state index is 12.9. The van der Waals surface area contributed by atoms with Crippen LogP contribution in [-0.4, -0.2) is 41.6 Å². The van der Waals surface area contributed by atoms with Crippen molar-refractivity contribution in [2.45, 2.75) is 26.3 Å². The molecule has 29 heavy (non-hydrogen) atoms. The summed E-state index contributed by atoms with van der Waals surface area (Å²) < 4.78 is 6.60.